The summed E-state index contributed by atoms with van der Waals surface area (Å²) in [7, 11) is 1.87. The molecule has 134 valence electrons. The molecule has 0 aliphatic rings. The highest BCUT2D eigenvalue weighted by atomic mass is 19.4. The number of hydrogen-bond donors (Lipinski definition) is 1. The van der Waals surface area contributed by atoms with Crippen LogP contribution >= 0.6 is 0 Å². The molecule has 1 aromatic carbocycles. The number of nitrogens with one attached hydrogen (secondary N) is 1. The first-order valence-corrected chi connectivity index (χ1v) is 7.73. The van der Waals surface area contributed by atoms with Crippen LogP contribution in [0.15, 0.2) is 42.6 Å². The van der Waals surface area contributed by atoms with Crippen LogP contribution in [0.4, 0.5) is 19.0 Å². The third-order valence-corrected chi connectivity index (χ3v) is 3.25. The zero-order valence-electron chi connectivity index (χ0n) is 14.3. The monoisotopic (exact) mass is 342 g/mol. The van der Waals surface area contributed by atoms with Gasteiger partial charge in [0.25, 0.3) is 0 Å². The van der Waals surface area contributed by atoms with Crippen LogP contribution in [0.5, 0.6) is 5.75 Å². The highest BCUT2D eigenvalue weighted by Gasteiger charge is 2.31. The maximum atomic E-state index is 11.9. The molecular formula is C18H25F3N2O. The molecule has 0 fully saturated rings. The van der Waals surface area contributed by atoms with Crippen molar-refractivity contribution in [3.05, 3.63) is 53.7 Å². The van der Waals surface area contributed by atoms with Crippen molar-refractivity contribution in [2.45, 2.75) is 39.5 Å². The molecule has 6 heteroatoms. The van der Waals surface area contributed by atoms with E-state index in [-0.39, 0.29) is 13.1 Å². The van der Waals surface area contributed by atoms with E-state index in [4.69, 9.17) is 0 Å². The van der Waals surface area contributed by atoms with Crippen molar-refractivity contribution in [1.82, 2.24) is 4.98 Å². The smallest absolute Gasteiger partial charge is 0.406 e. The first kappa shape index (κ1) is 19.8. The maximum absolute atomic E-state index is 11.9. The van der Waals surface area contributed by atoms with E-state index in [0.29, 0.717) is 0 Å². The van der Waals surface area contributed by atoms with Gasteiger partial charge >= 0.3 is 6.36 Å². The predicted molar refractivity (Wildman–Crippen MR) is 92.5 cm³/mol. The van der Waals surface area contributed by atoms with Gasteiger partial charge in [-0.25, -0.2) is 4.98 Å². The zero-order chi connectivity index (χ0) is 18.2. The quantitative estimate of drug-likeness (QED) is 0.781. The number of halogens is 3. The number of benzene rings is 1. The van der Waals surface area contributed by atoms with Gasteiger partial charge in [0.2, 0.25) is 0 Å². The summed E-state index contributed by atoms with van der Waals surface area (Å²) in [6.07, 6.45) is -1.67. The summed E-state index contributed by atoms with van der Waals surface area (Å²) in [5, 5.41) is 2.97. The summed E-state index contributed by atoms with van der Waals surface area (Å²) in [6.45, 7) is 5.94. The zero-order valence-corrected chi connectivity index (χ0v) is 14.3. The van der Waals surface area contributed by atoms with Crippen molar-refractivity contribution in [1.29, 1.82) is 0 Å². The number of aromatic nitrogens is 1. The lowest BCUT2D eigenvalue weighted by atomic mass is 10.0. The van der Waals surface area contributed by atoms with E-state index >= 15 is 0 Å². The first-order valence-electron chi connectivity index (χ1n) is 7.73. The summed E-state index contributed by atoms with van der Waals surface area (Å²) in [6, 6.07) is 10.1. The Hall–Kier alpha value is -2.24. The first-order chi connectivity index (χ1) is 11.2. The normalized spacial score (nSPS) is 10.8. The molecule has 0 bridgehead atoms. The van der Waals surface area contributed by atoms with E-state index in [2.05, 4.69) is 28.0 Å². The van der Waals surface area contributed by atoms with Crippen LogP contribution in [0.1, 0.15) is 39.2 Å². The summed E-state index contributed by atoms with van der Waals surface area (Å²) in [4.78, 5) is 4.16. The van der Waals surface area contributed by atoms with Crippen LogP contribution in [-0.2, 0) is 6.42 Å². The number of aryl methyl sites for hydroxylation is 1. The van der Waals surface area contributed by atoms with Crippen LogP contribution in [0, 0.1) is 0 Å². The largest absolute Gasteiger partial charge is 0.573 e. The molecule has 1 aromatic heterocycles. The van der Waals surface area contributed by atoms with E-state index in [9.17, 15) is 13.2 Å². The molecule has 1 N–H and O–H groups in total. The lowest BCUT2D eigenvalue weighted by Crippen LogP contribution is -2.17. The molecule has 2 rings (SSSR count). The number of rotatable bonds is 4. The molecule has 0 aliphatic carbocycles. The summed E-state index contributed by atoms with van der Waals surface area (Å²) in [5.41, 5.74) is 2.10. The standard InChI is InChI=1S/C10H11F3O.C8H12N2.H2/c1-7(2)8-4-3-5-9(6-8)14-10(11,12)13;1-3-7-4-5-8(9-2)10-6-7;/h3-7H,1-2H3;4-6H,3H2,1-2H3,(H,9,10);1H. The Balaban J connectivity index is 0.000000465. The highest BCUT2D eigenvalue weighted by molar-refractivity contribution is 5.34. The Kier molecular flexibility index (Phi) is 7.55. The second kappa shape index (κ2) is 9.15. The van der Waals surface area contributed by atoms with Crippen molar-refractivity contribution < 1.29 is 19.3 Å². The highest BCUT2D eigenvalue weighted by Crippen LogP contribution is 2.25. The van der Waals surface area contributed by atoms with Gasteiger partial charge in [-0.05, 0) is 41.7 Å². The number of hydrogen-bond acceptors (Lipinski definition) is 3. The van der Waals surface area contributed by atoms with Crippen LogP contribution in [0.3, 0.4) is 0 Å². The van der Waals surface area contributed by atoms with Crippen LogP contribution in [0.2, 0.25) is 0 Å². The van der Waals surface area contributed by atoms with Gasteiger partial charge in [-0.2, -0.15) is 0 Å². The van der Waals surface area contributed by atoms with Crippen molar-refractivity contribution in [3.63, 3.8) is 0 Å². The SMILES string of the molecule is CC(C)c1cccc(OC(F)(F)F)c1.CCc1ccc(NC)nc1.[HH]. The van der Waals surface area contributed by atoms with Crippen molar-refractivity contribution >= 4 is 5.82 Å². The Morgan fingerprint density at radius 2 is 1.92 bits per heavy atom. The number of pyridine rings is 1. The Morgan fingerprint density at radius 1 is 1.21 bits per heavy atom. The molecule has 3 nitrogen and oxygen atoms in total. The van der Waals surface area contributed by atoms with Gasteiger partial charge < -0.3 is 10.1 Å². The Bertz CT molecular complexity index is 593. The molecule has 0 aliphatic heterocycles. The third-order valence-electron chi connectivity index (χ3n) is 3.25. The topological polar surface area (TPSA) is 34.1 Å². The molecule has 0 amide bonds. The predicted octanol–water partition coefficient (Wildman–Crippen LogP) is 5.64. The van der Waals surface area contributed by atoms with Gasteiger partial charge in [-0.1, -0.05) is 39.0 Å². The molecule has 0 atom stereocenters. The molecule has 1 heterocycles. The van der Waals surface area contributed by atoms with Gasteiger partial charge in [0.1, 0.15) is 11.6 Å². The average molecular weight is 342 g/mol. The molecule has 0 radical (unpaired) electrons. The molecule has 0 saturated carbocycles. The van der Waals surface area contributed by atoms with E-state index in [1.807, 2.05) is 33.2 Å². The van der Waals surface area contributed by atoms with Gasteiger partial charge in [0, 0.05) is 14.7 Å². The number of alkyl halides is 3. The molecule has 0 spiro atoms. The van der Waals surface area contributed by atoms with Gasteiger partial charge in [0.05, 0.1) is 0 Å². The second-order valence-corrected chi connectivity index (χ2v) is 5.43. The van der Waals surface area contributed by atoms with E-state index in [1.54, 1.807) is 12.1 Å². The molecule has 0 unspecified atom stereocenters. The maximum Gasteiger partial charge on any atom is 0.573 e. The number of nitrogens with zero attached hydrogens (tertiary/aromatic N) is 1. The van der Waals surface area contributed by atoms with Crippen LogP contribution in [-0.4, -0.2) is 18.4 Å². The fourth-order valence-corrected chi connectivity index (χ4v) is 1.85. The Morgan fingerprint density at radius 3 is 2.38 bits per heavy atom. The van der Waals surface area contributed by atoms with Crippen molar-refractivity contribution in [2.75, 3.05) is 12.4 Å². The van der Waals surface area contributed by atoms with Gasteiger partial charge in [-0.3, -0.25) is 0 Å². The Labute approximate surface area is 142 Å². The molecule has 0 saturated heterocycles. The van der Waals surface area contributed by atoms with Crippen molar-refractivity contribution in [3.8, 4) is 5.75 Å². The fraction of sp³-hybridized carbons (Fsp3) is 0.389. The second-order valence-electron chi connectivity index (χ2n) is 5.43. The molecule has 2 aromatic rings. The van der Waals surface area contributed by atoms with E-state index in [1.165, 1.54) is 17.7 Å². The lowest BCUT2D eigenvalue weighted by Gasteiger charge is -2.11. The number of ether oxygens (including phenoxy) is 1. The number of anilines is 1. The van der Waals surface area contributed by atoms with Crippen molar-refractivity contribution in [2.24, 2.45) is 0 Å². The molecule has 24 heavy (non-hydrogen) atoms. The van der Waals surface area contributed by atoms with Gasteiger partial charge in [0.15, 0.2) is 0 Å². The minimum Gasteiger partial charge on any atom is -0.406 e. The van der Waals surface area contributed by atoms with E-state index < -0.39 is 6.36 Å². The summed E-state index contributed by atoms with van der Waals surface area (Å²) in [5.74, 6) is 0.952. The lowest BCUT2D eigenvalue weighted by molar-refractivity contribution is -0.274. The third kappa shape index (κ3) is 7.35. The van der Waals surface area contributed by atoms with Gasteiger partial charge in [-0.15, -0.1) is 13.2 Å². The van der Waals surface area contributed by atoms with E-state index in [0.717, 1.165) is 17.8 Å². The minimum absolute atomic E-state index is 0. The minimum atomic E-state index is -4.62. The van der Waals surface area contributed by atoms with Crippen LogP contribution < -0.4 is 10.1 Å². The molecular weight excluding hydrogens is 317 g/mol. The average Bonchev–Trinajstić information content (AvgIpc) is 2.54. The summed E-state index contributed by atoms with van der Waals surface area (Å²) < 4.78 is 39.3. The summed E-state index contributed by atoms with van der Waals surface area (Å²) >= 11 is 0. The van der Waals surface area contributed by atoms with Crippen LogP contribution in [0.25, 0.3) is 0 Å². The fourth-order valence-electron chi connectivity index (χ4n) is 1.85.